The zero-order valence-corrected chi connectivity index (χ0v) is 10.2. The molecular weight excluding hydrogens is 250 g/mol. The Morgan fingerprint density at radius 3 is 3.06 bits per heavy atom. The number of ether oxygens (including phenoxy) is 1. The van der Waals surface area contributed by atoms with Crippen molar-refractivity contribution in [1.82, 2.24) is 0 Å². The molecule has 0 fully saturated rings. The molecule has 0 saturated heterocycles. The summed E-state index contributed by atoms with van der Waals surface area (Å²) < 4.78 is 6.42. The van der Waals surface area contributed by atoms with E-state index in [1.807, 2.05) is 12.1 Å². The predicted molar refractivity (Wildman–Crippen MR) is 67.3 cm³/mol. The minimum absolute atomic E-state index is 0.161. The smallest absolute Gasteiger partial charge is 0.345 e. The number of rotatable bonds is 1. The van der Waals surface area contributed by atoms with E-state index in [4.69, 9.17) is 15.1 Å². The molecule has 2 aromatic rings. The Balaban J connectivity index is 2.21. The fraction of sp³-hybridized carbons (Fsp3) is 0.231. The van der Waals surface area contributed by atoms with Gasteiger partial charge < -0.3 is 9.84 Å². The molecule has 1 atom stereocenters. The summed E-state index contributed by atoms with van der Waals surface area (Å²) in [6.45, 7) is 0.536. The first-order valence-corrected chi connectivity index (χ1v) is 6.34. The molecule has 2 heterocycles. The number of benzene rings is 1. The first-order valence-electron chi connectivity index (χ1n) is 5.52. The van der Waals surface area contributed by atoms with E-state index in [1.54, 1.807) is 6.07 Å². The number of thiophene rings is 1. The van der Waals surface area contributed by atoms with Crippen molar-refractivity contribution in [2.24, 2.45) is 0 Å². The number of hydrogen-bond donors (Lipinski definition) is 1. The molecule has 90 valence electrons. The maximum atomic E-state index is 10.9. The van der Waals surface area contributed by atoms with Gasteiger partial charge in [0.2, 0.25) is 0 Å². The summed E-state index contributed by atoms with van der Waals surface area (Å²) in [7, 11) is 0. The van der Waals surface area contributed by atoms with Gasteiger partial charge in [-0.15, -0.1) is 11.3 Å². The summed E-state index contributed by atoms with van der Waals surface area (Å²) in [4.78, 5) is 11.2. The minimum Gasteiger partial charge on any atom is -0.493 e. The Kier molecular flexibility index (Phi) is 2.46. The number of nitriles is 1. The molecule has 0 aliphatic carbocycles. The second-order valence-electron chi connectivity index (χ2n) is 4.16. The van der Waals surface area contributed by atoms with E-state index >= 15 is 0 Å². The standard InChI is InChI=1S/C13H9NO3S/c14-6-7-1-2-17-10-5-11-8(3-9(7)10)4-12(18-11)13(15)16/h3-5,7H,1-2H2,(H,15,16). The van der Waals surface area contributed by atoms with Crippen molar-refractivity contribution in [3.05, 3.63) is 28.6 Å². The highest BCUT2D eigenvalue weighted by Gasteiger charge is 2.22. The van der Waals surface area contributed by atoms with Crippen LogP contribution in [0.2, 0.25) is 0 Å². The monoisotopic (exact) mass is 259 g/mol. The molecule has 18 heavy (non-hydrogen) atoms. The third kappa shape index (κ3) is 1.62. The second-order valence-corrected chi connectivity index (χ2v) is 5.25. The fourth-order valence-corrected chi connectivity index (χ4v) is 3.08. The van der Waals surface area contributed by atoms with Crippen LogP contribution in [0.15, 0.2) is 18.2 Å². The SMILES string of the molecule is N#CC1CCOc2cc3sc(C(=O)O)cc3cc21. The highest BCUT2D eigenvalue weighted by atomic mass is 32.1. The number of hydrogen-bond acceptors (Lipinski definition) is 4. The molecule has 1 aromatic heterocycles. The summed E-state index contributed by atoms with van der Waals surface area (Å²) in [5.41, 5.74) is 0.867. The van der Waals surface area contributed by atoms with E-state index in [9.17, 15) is 4.79 Å². The van der Waals surface area contributed by atoms with Gasteiger partial charge in [-0.05, 0) is 23.6 Å². The van der Waals surface area contributed by atoms with Crippen LogP contribution in [0.5, 0.6) is 5.75 Å². The first-order chi connectivity index (χ1) is 8.69. The average Bonchev–Trinajstić information content (AvgIpc) is 2.78. The molecule has 0 amide bonds. The largest absolute Gasteiger partial charge is 0.493 e. The van der Waals surface area contributed by atoms with Crippen molar-refractivity contribution in [2.45, 2.75) is 12.3 Å². The van der Waals surface area contributed by atoms with Crippen LogP contribution in [0, 0.1) is 11.3 Å². The summed E-state index contributed by atoms with van der Waals surface area (Å²) in [5, 5.41) is 18.9. The third-order valence-electron chi connectivity index (χ3n) is 3.05. The van der Waals surface area contributed by atoms with E-state index < -0.39 is 5.97 Å². The van der Waals surface area contributed by atoms with Gasteiger partial charge in [-0.3, -0.25) is 0 Å². The van der Waals surface area contributed by atoms with Gasteiger partial charge in [-0.2, -0.15) is 5.26 Å². The lowest BCUT2D eigenvalue weighted by Gasteiger charge is -2.21. The van der Waals surface area contributed by atoms with Gasteiger partial charge in [0.05, 0.1) is 18.6 Å². The van der Waals surface area contributed by atoms with Crippen molar-refractivity contribution < 1.29 is 14.6 Å². The number of aromatic carboxylic acids is 1. The highest BCUT2D eigenvalue weighted by Crippen LogP contribution is 2.39. The van der Waals surface area contributed by atoms with Crippen molar-refractivity contribution >= 4 is 27.4 Å². The lowest BCUT2D eigenvalue weighted by Crippen LogP contribution is -2.12. The predicted octanol–water partition coefficient (Wildman–Crippen LogP) is 2.99. The maximum Gasteiger partial charge on any atom is 0.345 e. The lowest BCUT2D eigenvalue weighted by atomic mass is 9.94. The van der Waals surface area contributed by atoms with Crippen LogP contribution in [0.1, 0.15) is 27.6 Å². The summed E-state index contributed by atoms with van der Waals surface area (Å²) >= 11 is 1.22. The van der Waals surface area contributed by atoms with Crippen LogP contribution >= 0.6 is 11.3 Å². The number of carbonyl (C=O) groups is 1. The zero-order valence-electron chi connectivity index (χ0n) is 9.34. The molecular formula is C13H9NO3S. The Morgan fingerprint density at radius 2 is 2.33 bits per heavy atom. The zero-order chi connectivity index (χ0) is 12.7. The van der Waals surface area contributed by atoms with Crippen molar-refractivity contribution in [2.75, 3.05) is 6.61 Å². The average molecular weight is 259 g/mol. The second kappa shape index (κ2) is 4.00. The molecule has 1 aromatic carbocycles. The number of nitrogens with zero attached hydrogens (tertiary/aromatic N) is 1. The van der Waals surface area contributed by atoms with E-state index in [1.165, 1.54) is 11.3 Å². The Hall–Kier alpha value is -2.06. The first kappa shape index (κ1) is 11.1. The van der Waals surface area contributed by atoms with Gasteiger partial charge >= 0.3 is 5.97 Å². The Labute approximate surface area is 107 Å². The van der Waals surface area contributed by atoms with Crippen LogP contribution < -0.4 is 4.74 Å². The van der Waals surface area contributed by atoms with E-state index in [2.05, 4.69) is 6.07 Å². The van der Waals surface area contributed by atoms with Crippen LogP contribution in [0.25, 0.3) is 10.1 Å². The molecule has 3 rings (SSSR count). The van der Waals surface area contributed by atoms with Crippen LogP contribution in [-0.2, 0) is 0 Å². The normalized spacial score (nSPS) is 17.8. The minimum atomic E-state index is -0.924. The number of fused-ring (bicyclic) bond motifs is 2. The molecule has 0 spiro atoms. The molecule has 1 unspecified atom stereocenters. The van der Waals surface area contributed by atoms with Crippen LogP contribution in [-0.4, -0.2) is 17.7 Å². The van der Waals surface area contributed by atoms with Crippen molar-refractivity contribution in [1.29, 1.82) is 5.26 Å². The van der Waals surface area contributed by atoms with Crippen LogP contribution in [0.4, 0.5) is 0 Å². The summed E-state index contributed by atoms with van der Waals surface area (Å²) in [5.74, 6) is -0.377. The Morgan fingerprint density at radius 1 is 1.50 bits per heavy atom. The van der Waals surface area contributed by atoms with Gasteiger partial charge in [-0.25, -0.2) is 4.79 Å². The molecule has 0 bridgehead atoms. The molecule has 0 saturated carbocycles. The molecule has 0 radical (unpaired) electrons. The van der Waals surface area contributed by atoms with Gasteiger partial charge in [0.25, 0.3) is 0 Å². The van der Waals surface area contributed by atoms with Gasteiger partial charge in [0, 0.05) is 16.7 Å². The topological polar surface area (TPSA) is 70.3 Å². The third-order valence-corrected chi connectivity index (χ3v) is 4.14. The summed E-state index contributed by atoms with van der Waals surface area (Å²) in [6, 6.07) is 7.62. The van der Waals surface area contributed by atoms with Crippen molar-refractivity contribution in [3.63, 3.8) is 0 Å². The molecule has 1 aliphatic heterocycles. The van der Waals surface area contributed by atoms with E-state index in [0.29, 0.717) is 23.7 Å². The lowest BCUT2D eigenvalue weighted by molar-refractivity contribution is 0.0702. The molecule has 4 nitrogen and oxygen atoms in total. The van der Waals surface area contributed by atoms with E-state index in [-0.39, 0.29) is 5.92 Å². The summed E-state index contributed by atoms with van der Waals surface area (Å²) in [6.07, 6.45) is 0.685. The molecule has 5 heteroatoms. The van der Waals surface area contributed by atoms with Crippen molar-refractivity contribution in [3.8, 4) is 11.8 Å². The van der Waals surface area contributed by atoms with E-state index in [0.717, 1.165) is 15.6 Å². The molecule has 1 aliphatic rings. The van der Waals surface area contributed by atoms with Crippen LogP contribution in [0.3, 0.4) is 0 Å². The van der Waals surface area contributed by atoms with Gasteiger partial charge in [-0.1, -0.05) is 0 Å². The Bertz CT molecular complexity index is 683. The quantitative estimate of drug-likeness (QED) is 0.854. The van der Waals surface area contributed by atoms with Gasteiger partial charge in [0.15, 0.2) is 0 Å². The maximum absolute atomic E-state index is 10.9. The number of carboxylic acid groups (broad SMARTS) is 1. The van der Waals surface area contributed by atoms with Gasteiger partial charge in [0.1, 0.15) is 10.6 Å². The highest BCUT2D eigenvalue weighted by molar-refractivity contribution is 7.20. The molecule has 1 N–H and O–H groups in total. The number of carboxylic acids is 1. The fourth-order valence-electron chi connectivity index (χ4n) is 2.16.